The van der Waals surface area contributed by atoms with E-state index in [1.54, 1.807) is 7.11 Å². The first-order chi connectivity index (χ1) is 17.9. The molecule has 1 heterocycles. The third-order valence-corrected chi connectivity index (χ3v) is 7.06. The van der Waals surface area contributed by atoms with E-state index in [9.17, 15) is 10.1 Å². The maximum Gasteiger partial charge on any atom is 0.225 e. The Balaban J connectivity index is 1.62. The summed E-state index contributed by atoms with van der Waals surface area (Å²) in [5.74, 6) is 1.20. The van der Waals surface area contributed by atoms with Crippen LogP contribution in [0.15, 0.2) is 77.8 Å². The average molecular weight is 508 g/mol. The minimum atomic E-state index is -0.0650. The van der Waals surface area contributed by atoms with Crippen molar-refractivity contribution in [2.75, 3.05) is 18.2 Å². The number of aromatic nitrogens is 1. The third kappa shape index (κ3) is 6.38. The molecule has 0 atom stereocenters. The molecule has 0 aliphatic heterocycles. The molecule has 0 bridgehead atoms. The minimum absolute atomic E-state index is 0.0650. The van der Waals surface area contributed by atoms with E-state index in [4.69, 9.17) is 9.72 Å². The average Bonchev–Trinajstić information content (AvgIpc) is 2.91. The van der Waals surface area contributed by atoms with Gasteiger partial charge in [0.25, 0.3) is 0 Å². The molecule has 0 unspecified atom stereocenters. The summed E-state index contributed by atoms with van der Waals surface area (Å²) in [7, 11) is 1.63. The summed E-state index contributed by atoms with van der Waals surface area (Å²) < 4.78 is 5.30. The van der Waals surface area contributed by atoms with Crippen molar-refractivity contribution in [2.24, 2.45) is 0 Å². The SMILES string of the molecule is COc1ccc(-c2cc(-c3ccc(C)cc3)c(C#N)c(SCCC(=O)Nc3cc(C)ccc3C)n2)cc1. The third-order valence-electron chi connectivity index (χ3n) is 6.08. The molecule has 1 amide bonds. The number of thioether (sulfide) groups is 1. The number of carbonyl (C=O) groups is 1. The highest BCUT2D eigenvalue weighted by Gasteiger charge is 2.17. The Labute approximate surface area is 222 Å². The molecule has 6 heteroatoms. The zero-order valence-corrected chi connectivity index (χ0v) is 22.3. The number of rotatable bonds is 8. The number of hydrogen-bond donors (Lipinski definition) is 1. The van der Waals surface area contributed by atoms with E-state index in [0.717, 1.165) is 50.5 Å². The zero-order valence-electron chi connectivity index (χ0n) is 21.5. The van der Waals surface area contributed by atoms with Crippen molar-refractivity contribution >= 4 is 23.4 Å². The summed E-state index contributed by atoms with van der Waals surface area (Å²) in [6.07, 6.45) is 0.303. The van der Waals surface area contributed by atoms with Crippen molar-refractivity contribution in [2.45, 2.75) is 32.2 Å². The van der Waals surface area contributed by atoms with Crippen LogP contribution in [0.5, 0.6) is 5.75 Å². The van der Waals surface area contributed by atoms with Gasteiger partial charge >= 0.3 is 0 Å². The molecule has 4 rings (SSSR count). The Bertz CT molecular complexity index is 1460. The molecule has 0 saturated carbocycles. The molecule has 0 fully saturated rings. The van der Waals surface area contributed by atoms with Gasteiger partial charge in [-0.3, -0.25) is 4.79 Å². The van der Waals surface area contributed by atoms with E-state index < -0.39 is 0 Å². The molecule has 3 aromatic carbocycles. The number of ether oxygens (including phenoxy) is 1. The number of carbonyl (C=O) groups excluding carboxylic acids is 1. The predicted molar refractivity (Wildman–Crippen MR) is 151 cm³/mol. The van der Waals surface area contributed by atoms with E-state index in [1.165, 1.54) is 11.8 Å². The van der Waals surface area contributed by atoms with Crippen LogP contribution in [-0.2, 0) is 4.79 Å². The van der Waals surface area contributed by atoms with Gasteiger partial charge < -0.3 is 10.1 Å². The second-order valence-corrected chi connectivity index (χ2v) is 9.99. The molecule has 0 aliphatic rings. The van der Waals surface area contributed by atoms with Crippen molar-refractivity contribution in [3.05, 3.63) is 95.1 Å². The summed E-state index contributed by atoms with van der Waals surface area (Å²) in [4.78, 5) is 17.5. The first-order valence-corrected chi connectivity index (χ1v) is 13.0. The monoisotopic (exact) mass is 507 g/mol. The van der Waals surface area contributed by atoms with Crippen LogP contribution >= 0.6 is 11.8 Å². The van der Waals surface area contributed by atoms with Crippen LogP contribution in [-0.4, -0.2) is 23.8 Å². The van der Waals surface area contributed by atoms with Crippen LogP contribution in [0.3, 0.4) is 0 Å². The highest BCUT2D eigenvalue weighted by Crippen LogP contribution is 2.35. The van der Waals surface area contributed by atoms with E-state index >= 15 is 0 Å². The van der Waals surface area contributed by atoms with Crippen LogP contribution in [0.4, 0.5) is 5.69 Å². The molecule has 0 aliphatic carbocycles. The summed E-state index contributed by atoms with van der Waals surface area (Å²) in [5, 5.41) is 13.7. The molecular formula is C31H29N3O2S. The lowest BCUT2D eigenvalue weighted by molar-refractivity contribution is -0.115. The number of nitrogens with zero attached hydrogens (tertiary/aromatic N) is 2. The lowest BCUT2D eigenvalue weighted by atomic mass is 9.98. The molecule has 0 spiro atoms. The van der Waals surface area contributed by atoms with Gasteiger partial charge in [0.05, 0.1) is 18.4 Å². The standard InChI is InChI=1S/C31H29N3O2S/c1-20-6-9-23(10-7-20)26-18-29(24-11-13-25(36-4)14-12-24)34-31(27(26)19-32)37-16-15-30(35)33-28-17-21(2)5-8-22(28)3/h5-14,17-18H,15-16H2,1-4H3,(H,33,35). The molecule has 0 saturated heterocycles. The summed E-state index contributed by atoms with van der Waals surface area (Å²) >= 11 is 1.43. The predicted octanol–water partition coefficient (Wildman–Crippen LogP) is 7.34. The normalized spacial score (nSPS) is 10.6. The van der Waals surface area contributed by atoms with Gasteiger partial charge in [0.15, 0.2) is 0 Å². The zero-order chi connectivity index (χ0) is 26.4. The van der Waals surface area contributed by atoms with Crippen LogP contribution < -0.4 is 10.1 Å². The number of nitrogens with one attached hydrogen (secondary N) is 1. The van der Waals surface area contributed by atoms with Crippen LogP contribution in [0.2, 0.25) is 0 Å². The van der Waals surface area contributed by atoms with E-state index in [0.29, 0.717) is 22.8 Å². The quantitative estimate of drug-likeness (QED) is 0.253. The van der Waals surface area contributed by atoms with Gasteiger partial charge in [-0.05, 0) is 73.9 Å². The van der Waals surface area contributed by atoms with Gasteiger partial charge in [0.2, 0.25) is 5.91 Å². The van der Waals surface area contributed by atoms with Gasteiger partial charge in [-0.1, -0.05) is 42.0 Å². The molecule has 37 heavy (non-hydrogen) atoms. The van der Waals surface area contributed by atoms with E-state index in [1.807, 2.05) is 93.6 Å². The van der Waals surface area contributed by atoms with Crippen molar-refractivity contribution in [3.63, 3.8) is 0 Å². The van der Waals surface area contributed by atoms with Crippen molar-refractivity contribution in [1.29, 1.82) is 5.26 Å². The lowest BCUT2D eigenvalue weighted by Crippen LogP contribution is -2.13. The maximum absolute atomic E-state index is 12.7. The van der Waals surface area contributed by atoms with Crippen molar-refractivity contribution < 1.29 is 9.53 Å². The second kappa shape index (κ2) is 11.8. The second-order valence-electron chi connectivity index (χ2n) is 8.91. The van der Waals surface area contributed by atoms with Gasteiger partial charge in [-0.25, -0.2) is 4.98 Å². The van der Waals surface area contributed by atoms with Gasteiger partial charge in [-0.2, -0.15) is 5.26 Å². The number of benzene rings is 3. The number of aryl methyl sites for hydroxylation is 3. The molecule has 1 aromatic heterocycles. The molecular weight excluding hydrogens is 478 g/mol. The molecule has 0 radical (unpaired) electrons. The fraction of sp³-hybridized carbons (Fsp3) is 0.194. The number of methoxy groups -OCH3 is 1. The Morgan fingerprint density at radius 2 is 1.62 bits per heavy atom. The Hall–Kier alpha value is -4.08. The summed E-state index contributed by atoms with van der Waals surface area (Å²) in [6.45, 7) is 6.01. The van der Waals surface area contributed by atoms with E-state index in [-0.39, 0.29) is 5.91 Å². The van der Waals surface area contributed by atoms with Crippen LogP contribution in [0.1, 0.15) is 28.7 Å². The summed E-state index contributed by atoms with van der Waals surface area (Å²) in [6, 6.07) is 26.1. The molecule has 4 aromatic rings. The Kier molecular flexibility index (Phi) is 8.27. The maximum atomic E-state index is 12.7. The Morgan fingerprint density at radius 1 is 0.946 bits per heavy atom. The summed E-state index contributed by atoms with van der Waals surface area (Å²) in [5.41, 5.74) is 8.07. The first-order valence-electron chi connectivity index (χ1n) is 12.0. The van der Waals surface area contributed by atoms with Crippen molar-refractivity contribution in [3.8, 4) is 34.2 Å². The molecule has 1 N–H and O–H groups in total. The van der Waals surface area contributed by atoms with Crippen molar-refractivity contribution in [1.82, 2.24) is 4.98 Å². The number of pyridine rings is 1. The topological polar surface area (TPSA) is 75.0 Å². The van der Waals surface area contributed by atoms with E-state index in [2.05, 4.69) is 11.4 Å². The van der Waals surface area contributed by atoms with Gasteiger partial charge in [0.1, 0.15) is 16.8 Å². The molecule has 186 valence electrons. The van der Waals surface area contributed by atoms with Gasteiger partial charge in [-0.15, -0.1) is 11.8 Å². The van der Waals surface area contributed by atoms with Crippen LogP contribution in [0, 0.1) is 32.1 Å². The Morgan fingerprint density at radius 3 is 2.30 bits per heavy atom. The number of amides is 1. The largest absolute Gasteiger partial charge is 0.497 e. The number of hydrogen-bond acceptors (Lipinski definition) is 5. The first kappa shape index (κ1) is 26.0. The van der Waals surface area contributed by atoms with Crippen LogP contribution in [0.25, 0.3) is 22.4 Å². The number of anilines is 1. The number of nitriles is 1. The minimum Gasteiger partial charge on any atom is -0.497 e. The molecule has 5 nitrogen and oxygen atoms in total. The van der Waals surface area contributed by atoms with Gasteiger partial charge in [0, 0.05) is 29.0 Å². The smallest absolute Gasteiger partial charge is 0.225 e. The lowest BCUT2D eigenvalue weighted by Gasteiger charge is -2.13. The highest BCUT2D eigenvalue weighted by atomic mass is 32.2. The highest BCUT2D eigenvalue weighted by molar-refractivity contribution is 7.99. The fourth-order valence-corrected chi connectivity index (χ4v) is 4.87. The fourth-order valence-electron chi connectivity index (χ4n) is 3.93.